The molecule has 1 saturated carbocycles. The molecule has 2 atom stereocenters. The standard InChI is InChI=1S/C28H37F2N7O/c29-28(30)10-14-36(15-11-28)24(19-16-32-27(33-17-19)34-20-6-7-20)18-31-26(38)22-4-3-5-23-21(22)8-9-25(35-23)37-12-1-2-13-37/h8-9,16-17,20,22,24H,1-7,10-15,18H2,(H,31,38)(H,32,33,34). The summed E-state index contributed by atoms with van der Waals surface area (Å²) in [7, 11) is 0. The van der Waals surface area contributed by atoms with Crippen molar-refractivity contribution in [3.05, 3.63) is 41.3 Å². The van der Waals surface area contributed by atoms with Gasteiger partial charge < -0.3 is 15.5 Å². The molecule has 38 heavy (non-hydrogen) atoms. The third-order valence-corrected chi connectivity index (χ3v) is 8.43. The smallest absolute Gasteiger partial charge is 0.250 e. The first kappa shape index (κ1) is 25.4. The molecule has 0 bridgehead atoms. The highest BCUT2D eigenvalue weighted by atomic mass is 19.3. The quantitative estimate of drug-likeness (QED) is 0.538. The molecule has 2 aromatic rings. The Bertz CT molecular complexity index is 1120. The van der Waals surface area contributed by atoms with Gasteiger partial charge >= 0.3 is 0 Å². The Morgan fingerprint density at radius 2 is 1.76 bits per heavy atom. The zero-order valence-electron chi connectivity index (χ0n) is 21.8. The van der Waals surface area contributed by atoms with Crippen molar-refractivity contribution in [1.29, 1.82) is 0 Å². The molecule has 6 rings (SSSR count). The second-order valence-electron chi connectivity index (χ2n) is 11.3. The number of halogens is 2. The highest BCUT2D eigenvalue weighted by Gasteiger charge is 2.37. The number of carbonyl (C=O) groups is 1. The monoisotopic (exact) mass is 525 g/mol. The van der Waals surface area contributed by atoms with Gasteiger partial charge in [0.2, 0.25) is 11.9 Å². The van der Waals surface area contributed by atoms with Crippen molar-refractivity contribution in [3.63, 3.8) is 0 Å². The number of aryl methyl sites for hydroxylation is 1. The Kier molecular flexibility index (Phi) is 7.16. The summed E-state index contributed by atoms with van der Waals surface area (Å²) in [6.07, 6.45) is 10.4. The number of alkyl halides is 2. The van der Waals surface area contributed by atoms with Gasteiger partial charge in [-0.25, -0.2) is 23.7 Å². The van der Waals surface area contributed by atoms with Crippen LogP contribution in [0.3, 0.4) is 0 Å². The summed E-state index contributed by atoms with van der Waals surface area (Å²) in [5.74, 6) is -1.30. The summed E-state index contributed by atoms with van der Waals surface area (Å²) in [5.41, 5.74) is 2.88. The maximum Gasteiger partial charge on any atom is 0.250 e. The minimum Gasteiger partial charge on any atom is -0.357 e. The van der Waals surface area contributed by atoms with E-state index in [1.807, 2.05) is 4.90 Å². The van der Waals surface area contributed by atoms with E-state index in [1.165, 1.54) is 12.8 Å². The van der Waals surface area contributed by atoms with Crippen LogP contribution in [0.2, 0.25) is 0 Å². The Hall–Kier alpha value is -2.88. The van der Waals surface area contributed by atoms with Crippen molar-refractivity contribution in [1.82, 2.24) is 25.2 Å². The van der Waals surface area contributed by atoms with Crippen LogP contribution >= 0.6 is 0 Å². The molecule has 2 saturated heterocycles. The molecule has 2 N–H and O–H groups in total. The third kappa shape index (κ3) is 5.75. The van der Waals surface area contributed by atoms with Gasteiger partial charge in [-0.3, -0.25) is 9.69 Å². The van der Waals surface area contributed by atoms with Gasteiger partial charge in [0.1, 0.15) is 5.82 Å². The van der Waals surface area contributed by atoms with Crippen molar-refractivity contribution in [2.24, 2.45) is 0 Å². The summed E-state index contributed by atoms with van der Waals surface area (Å²) in [4.78, 5) is 31.7. The summed E-state index contributed by atoms with van der Waals surface area (Å²) < 4.78 is 27.8. The summed E-state index contributed by atoms with van der Waals surface area (Å²) in [6, 6.07) is 4.33. The zero-order valence-corrected chi connectivity index (χ0v) is 21.8. The number of piperidine rings is 1. The van der Waals surface area contributed by atoms with Crippen molar-refractivity contribution in [3.8, 4) is 0 Å². The lowest BCUT2D eigenvalue weighted by Crippen LogP contribution is -2.45. The molecule has 0 spiro atoms. The van der Waals surface area contributed by atoms with Gasteiger partial charge in [-0.1, -0.05) is 6.07 Å². The number of fused-ring (bicyclic) bond motifs is 1. The molecule has 204 valence electrons. The lowest BCUT2D eigenvalue weighted by Gasteiger charge is -2.37. The van der Waals surface area contributed by atoms with E-state index in [2.05, 4.69) is 37.6 Å². The first-order chi connectivity index (χ1) is 18.4. The van der Waals surface area contributed by atoms with Crippen LogP contribution in [0.1, 0.15) is 80.1 Å². The molecule has 2 aliphatic heterocycles. The number of carbonyl (C=O) groups excluding carboxylic acids is 1. The molecule has 2 aliphatic carbocycles. The molecule has 1 amide bonds. The van der Waals surface area contributed by atoms with E-state index in [-0.39, 0.29) is 43.8 Å². The topological polar surface area (TPSA) is 86.3 Å². The average molecular weight is 526 g/mol. The minimum atomic E-state index is -2.63. The molecule has 2 aromatic heterocycles. The van der Waals surface area contributed by atoms with Gasteiger partial charge in [0.25, 0.3) is 5.92 Å². The second-order valence-corrected chi connectivity index (χ2v) is 11.3. The van der Waals surface area contributed by atoms with Gasteiger partial charge in [0.15, 0.2) is 0 Å². The van der Waals surface area contributed by atoms with E-state index >= 15 is 0 Å². The number of rotatable bonds is 8. The fraction of sp³-hybridized carbons (Fsp3) is 0.643. The molecule has 0 radical (unpaired) electrons. The van der Waals surface area contributed by atoms with Gasteiger partial charge in [0, 0.05) is 75.3 Å². The maximum atomic E-state index is 13.9. The second kappa shape index (κ2) is 10.7. The van der Waals surface area contributed by atoms with E-state index in [0.29, 0.717) is 18.5 Å². The lowest BCUT2D eigenvalue weighted by molar-refractivity contribution is -0.123. The van der Waals surface area contributed by atoms with Crippen LogP contribution in [-0.2, 0) is 11.2 Å². The third-order valence-electron chi connectivity index (χ3n) is 8.43. The van der Waals surface area contributed by atoms with E-state index in [1.54, 1.807) is 12.4 Å². The number of nitrogens with one attached hydrogen (secondary N) is 2. The van der Waals surface area contributed by atoms with Crippen molar-refractivity contribution in [2.75, 3.05) is 42.9 Å². The Morgan fingerprint density at radius 1 is 1.03 bits per heavy atom. The van der Waals surface area contributed by atoms with Crippen LogP contribution in [0.15, 0.2) is 24.5 Å². The predicted molar refractivity (Wildman–Crippen MR) is 142 cm³/mol. The van der Waals surface area contributed by atoms with Crippen molar-refractivity contribution >= 4 is 17.7 Å². The lowest BCUT2D eigenvalue weighted by atomic mass is 9.85. The van der Waals surface area contributed by atoms with Crippen LogP contribution in [-0.4, -0.2) is 70.4 Å². The Morgan fingerprint density at radius 3 is 2.47 bits per heavy atom. The van der Waals surface area contributed by atoms with Gasteiger partial charge in [0.05, 0.1) is 12.0 Å². The van der Waals surface area contributed by atoms with Crippen molar-refractivity contribution < 1.29 is 13.6 Å². The largest absolute Gasteiger partial charge is 0.357 e. The number of hydrogen-bond donors (Lipinski definition) is 2. The fourth-order valence-corrected chi connectivity index (χ4v) is 5.98. The minimum absolute atomic E-state index is 0.0260. The number of hydrogen-bond acceptors (Lipinski definition) is 7. The SMILES string of the molecule is O=C(NCC(c1cnc(NC2CC2)nc1)N1CCC(F)(F)CC1)C1CCCc2nc(N3CCCC3)ccc21. The fourth-order valence-electron chi connectivity index (χ4n) is 5.98. The van der Waals surface area contributed by atoms with Gasteiger partial charge in [-0.2, -0.15) is 0 Å². The maximum absolute atomic E-state index is 13.9. The number of pyridine rings is 1. The van der Waals surface area contributed by atoms with Crippen LogP contribution in [0.5, 0.6) is 0 Å². The molecule has 4 aliphatic rings. The van der Waals surface area contributed by atoms with E-state index in [9.17, 15) is 13.6 Å². The zero-order chi connectivity index (χ0) is 26.1. The highest BCUT2D eigenvalue weighted by molar-refractivity contribution is 5.84. The molecule has 0 aromatic carbocycles. The highest BCUT2D eigenvalue weighted by Crippen LogP contribution is 2.35. The molecule has 8 nitrogen and oxygen atoms in total. The molecule has 3 fully saturated rings. The van der Waals surface area contributed by atoms with Gasteiger partial charge in [-0.05, 0) is 56.6 Å². The first-order valence-electron chi connectivity index (χ1n) is 14.2. The van der Waals surface area contributed by atoms with Crippen LogP contribution in [0.25, 0.3) is 0 Å². The van der Waals surface area contributed by atoms with Crippen LogP contribution in [0.4, 0.5) is 20.5 Å². The van der Waals surface area contributed by atoms with Gasteiger partial charge in [-0.15, -0.1) is 0 Å². The predicted octanol–water partition coefficient (Wildman–Crippen LogP) is 4.05. The van der Waals surface area contributed by atoms with E-state index in [4.69, 9.17) is 4.98 Å². The number of likely N-dealkylation sites (tertiary alicyclic amines) is 1. The molecule has 4 heterocycles. The number of anilines is 2. The summed E-state index contributed by atoms with van der Waals surface area (Å²) in [6.45, 7) is 2.95. The summed E-state index contributed by atoms with van der Waals surface area (Å²) >= 11 is 0. The van der Waals surface area contributed by atoms with Crippen LogP contribution in [0, 0.1) is 0 Å². The van der Waals surface area contributed by atoms with Crippen molar-refractivity contribution in [2.45, 2.75) is 81.7 Å². The van der Waals surface area contributed by atoms with E-state index in [0.717, 1.165) is 67.8 Å². The molecular formula is C28H37F2N7O. The normalized spacial score (nSPS) is 24.1. The number of aromatic nitrogens is 3. The molecular weight excluding hydrogens is 488 g/mol. The molecule has 10 heteroatoms. The first-order valence-corrected chi connectivity index (χ1v) is 14.2. The Balaban J connectivity index is 1.15. The van der Waals surface area contributed by atoms with E-state index < -0.39 is 5.92 Å². The molecule has 2 unspecified atom stereocenters. The Labute approximate surface area is 222 Å². The number of amides is 1. The van der Waals surface area contributed by atoms with Crippen LogP contribution < -0.4 is 15.5 Å². The average Bonchev–Trinajstić information content (AvgIpc) is 3.57. The summed E-state index contributed by atoms with van der Waals surface area (Å²) in [5, 5.41) is 6.44. The number of nitrogens with zero attached hydrogens (tertiary/aromatic N) is 5.